The minimum Gasteiger partial charge on any atom is -0.497 e. The Kier molecular flexibility index (Phi) is 6.62. The molecule has 214 valence electrons. The van der Waals surface area contributed by atoms with E-state index in [0.717, 1.165) is 79.2 Å². The van der Waals surface area contributed by atoms with Crippen LogP contribution in [-0.4, -0.2) is 63.0 Å². The summed E-state index contributed by atoms with van der Waals surface area (Å²) in [7, 11) is 1.65. The van der Waals surface area contributed by atoms with E-state index < -0.39 is 5.91 Å². The summed E-state index contributed by atoms with van der Waals surface area (Å²) < 4.78 is 13.3. The maximum absolute atomic E-state index is 12.6. The number of pyridine rings is 1. The van der Waals surface area contributed by atoms with Gasteiger partial charge >= 0.3 is 0 Å². The molecule has 2 aliphatic heterocycles. The maximum Gasteiger partial charge on any atom is 0.250 e. The summed E-state index contributed by atoms with van der Waals surface area (Å²) in [5.41, 5.74) is 10.8. The van der Waals surface area contributed by atoms with E-state index in [0.29, 0.717) is 29.3 Å². The number of amides is 1. The summed E-state index contributed by atoms with van der Waals surface area (Å²) in [5.74, 6) is 1.72. The molecule has 1 amide bonds. The SMILES string of the molecule is COc1ccc(Cn2nc(-c3nc(N4CCC5(CCCO5)CC4)ccc3C(N)=O)cc2-c2nc3ccccc3[nH]2)cc1. The minimum absolute atomic E-state index is 0.00815. The number of anilines is 1. The number of rotatable bonds is 7. The van der Waals surface area contributed by atoms with Crippen LogP contribution in [0.15, 0.2) is 66.7 Å². The predicted molar refractivity (Wildman–Crippen MR) is 161 cm³/mol. The number of methoxy groups -OCH3 is 1. The summed E-state index contributed by atoms with van der Waals surface area (Å²) in [6.45, 7) is 3.02. The molecule has 0 aliphatic carbocycles. The number of carbonyl (C=O) groups excluding carboxylic acids is 1. The van der Waals surface area contributed by atoms with Gasteiger partial charge in [-0.3, -0.25) is 9.48 Å². The van der Waals surface area contributed by atoms with Crippen LogP contribution >= 0.6 is 0 Å². The fourth-order valence-corrected chi connectivity index (χ4v) is 6.13. The van der Waals surface area contributed by atoms with Gasteiger partial charge in [-0.05, 0) is 73.7 Å². The number of benzene rings is 2. The molecule has 0 bridgehead atoms. The summed E-state index contributed by atoms with van der Waals surface area (Å²) in [6.07, 6.45) is 4.18. The molecule has 2 fully saturated rings. The first-order valence-electron chi connectivity index (χ1n) is 14.4. The van der Waals surface area contributed by atoms with Gasteiger partial charge in [-0.2, -0.15) is 5.10 Å². The molecule has 5 aromatic rings. The van der Waals surface area contributed by atoms with Crippen molar-refractivity contribution in [2.24, 2.45) is 5.73 Å². The average Bonchev–Trinajstić information content (AvgIpc) is 3.76. The Morgan fingerprint density at radius 1 is 1.05 bits per heavy atom. The number of nitrogens with one attached hydrogen (secondary N) is 1. The summed E-state index contributed by atoms with van der Waals surface area (Å²) >= 11 is 0. The first kappa shape index (κ1) is 26.2. The van der Waals surface area contributed by atoms with Crippen LogP contribution < -0.4 is 15.4 Å². The smallest absolute Gasteiger partial charge is 0.250 e. The lowest BCUT2D eigenvalue weighted by molar-refractivity contribution is -0.0147. The molecule has 10 heteroatoms. The standard InChI is InChI=1S/C32H33N7O3/c1-41-22-9-7-21(8-10-22)20-39-27(31-34-24-5-2-3-6-25(24)35-31)19-26(37-39)29-23(30(33)40)11-12-28(36-29)38-16-14-32(15-17-38)13-4-18-42-32/h2-3,5-12,19H,4,13-18,20H2,1H3,(H2,33,40)(H,34,35). The first-order chi connectivity index (χ1) is 20.5. The predicted octanol–water partition coefficient (Wildman–Crippen LogP) is 4.79. The van der Waals surface area contributed by atoms with Gasteiger partial charge in [-0.1, -0.05) is 24.3 Å². The normalized spacial score (nSPS) is 16.4. The number of ether oxygens (including phenoxy) is 2. The lowest BCUT2D eigenvalue weighted by Crippen LogP contribution is -2.44. The Balaban J connectivity index is 1.28. The van der Waals surface area contributed by atoms with E-state index in [9.17, 15) is 4.79 Å². The Hall–Kier alpha value is -4.70. The van der Waals surface area contributed by atoms with E-state index in [-0.39, 0.29) is 5.60 Å². The van der Waals surface area contributed by atoms with E-state index in [1.54, 1.807) is 13.2 Å². The van der Waals surface area contributed by atoms with Crippen LogP contribution in [0.5, 0.6) is 5.75 Å². The molecule has 0 unspecified atom stereocenters. The highest BCUT2D eigenvalue weighted by Crippen LogP contribution is 2.37. The van der Waals surface area contributed by atoms with Crippen molar-refractivity contribution < 1.29 is 14.3 Å². The van der Waals surface area contributed by atoms with E-state index in [2.05, 4.69) is 9.88 Å². The number of fused-ring (bicyclic) bond motifs is 1. The molecule has 10 nitrogen and oxygen atoms in total. The van der Waals surface area contributed by atoms with Crippen molar-refractivity contribution in [3.05, 3.63) is 77.9 Å². The van der Waals surface area contributed by atoms with Crippen LogP contribution in [0.1, 0.15) is 41.6 Å². The van der Waals surface area contributed by atoms with Gasteiger partial charge in [-0.25, -0.2) is 9.97 Å². The highest BCUT2D eigenvalue weighted by molar-refractivity contribution is 5.99. The quantitative estimate of drug-likeness (QED) is 0.292. The number of H-pyrrole nitrogens is 1. The molecule has 7 rings (SSSR count). The van der Waals surface area contributed by atoms with Gasteiger partial charge in [0.25, 0.3) is 5.91 Å². The van der Waals surface area contributed by atoms with Crippen molar-refractivity contribution in [3.8, 4) is 28.7 Å². The number of aromatic amines is 1. The van der Waals surface area contributed by atoms with Gasteiger partial charge in [0.05, 0.1) is 35.9 Å². The third-order valence-electron chi connectivity index (χ3n) is 8.48. The minimum atomic E-state index is -0.545. The van der Waals surface area contributed by atoms with Crippen LogP contribution in [0.3, 0.4) is 0 Å². The second kappa shape index (κ2) is 10.6. The van der Waals surface area contributed by atoms with Gasteiger partial charge in [0.15, 0.2) is 5.82 Å². The second-order valence-corrected chi connectivity index (χ2v) is 11.1. The highest BCUT2D eigenvalue weighted by atomic mass is 16.5. The molecule has 0 atom stereocenters. The zero-order valence-electron chi connectivity index (χ0n) is 23.5. The monoisotopic (exact) mass is 563 g/mol. The molecule has 1 spiro atoms. The summed E-state index contributed by atoms with van der Waals surface area (Å²) in [4.78, 5) is 28.1. The molecule has 2 aromatic carbocycles. The number of piperidine rings is 1. The molecule has 3 N–H and O–H groups in total. The van der Waals surface area contributed by atoms with E-state index in [4.69, 9.17) is 30.3 Å². The number of imidazole rings is 1. The van der Waals surface area contributed by atoms with Crippen molar-refractivity contribution in [3.63, 3.8) is 0 Å². The third kappa shape index (κ3) is 4.87. The van der Waals surface area contributed by atoms with Crippen molar-refractivity contribution >= 4 is 22.8 Å². The van der Waals surface area contributed by atoms with Gasteiger partial charge in [0.1, 0.15) is 28.6 Å². The highest BCUT2D eigenvalue weighted by Gasteiger charge is 2.38. The molecular weight excluding hydrogens is 530 g/mol. The Labute approximate surface area is 243 Å². The Bertz CT molecular complexity index is 1710. The molecule has 2 aliphatic rings. The lowest BCUT2D eigenvalue weighted by Gasteiger charge is -2.39. The molecule has 0 saturated carbocycles. The van der Waals surface area contributed by atoms with E-state index in [1.807, 2.05) is 65.3 Å². The van der Waals surface area contributed by atoms with Crippen molar-refractivity contribution in [2.75, 3.05) is 31.7 Å². The maximum atomic E-state index is 12.6. The van der Waals surface area contributed by atoms with Crippen molar-refractivity contribution in [1.29, 1.82) is 0 Å². The van der Waals surface area contributed by atoms with Gasteiger partial charge < -0.3 is 25.1 Å². The van der Waals surface area contributed by atoms with Gasteiger partial charge in [0, 0.05) is 19.7 Å². The number of nitrogens with zero attached hydrogens (tertiary/aromatic N) is 5. The number of hydrogen-bond acceptors (Lipinski definition) is 7. The number of nitrogens with two attached hydrogens (primary N) is 1. The van der Waals surface area contributed by atoms with Gasteiger partial charge in [0.2, 0.25) is 0 Å². The van der Waals surface area contributed by atoms with Gasteiger partial charge in [-0.15, -0.1) is 0 Å². The second-order valence-electron chi connectivity index (χ2n) is 11.1. The molecular formula is C32H33N7O3. The largest absolute Gasteiger partial charge is 0.497 e. The fraction of sp³-hybridized carbons (Fsp3) is 0.312. The molecule has 5 heterocycles. The molecule has 2 saturated heterocycles. The van der Waals surface area contributed by atoms with Crippen molar-refractivity contribution in [1.82, 2.24) is 24.7 Å². The van der Waals surface area contributed by atoms with Crippen LogP contribution in [0.4, 0.5) is 5.82 Å². The van der Waals surface area contributed by atoms with Crippen LogP contribution in [0, 0.1) is 0 Å². The van der Waals surface area contributed by atoms with Crippen LogP contribution in [0.2, 0.25) is 0 Å². The number of primary amides is 1. The lowest BCUT2D eigenvalue weighted by atomic mass is 9.88. The first-order valence-corrected chi connectivity index (χ1v) is 14.4. The third-order valence-corrected chi connectivity index (χ3v) is 8.48. The number of aromatic nitrogens is 5. The Morgan fingerprint density at radius 3 is 2.57 bits per heavy atom. The van der Waals surface area contributed by atoms with E-state index >= 15 is 0 Å². The summed E-state index contributed by atoms with van der Waals surface area (Å²) in [6, 6.07) is 21.3. The fourth-order valence-electron chi connectivity index (χ4n) is 6.13. The number of para-hydroxylation sites is 2. The number of carbonyl (C=O) groups is 1. The average molecular weight is 564 g/mol. The molecule has 42 heavy (non-hydrogen) atoms. The zero-order chi connectivity index (χ0) is 28.7. The topological polar surface area (TPSA) is 124 Å². The van der Waals surface area contributed by atoms with E-state index in [1.165, 1.54) is 0 Å². The van der Waals surface area contributed by atoms with Crippen LogP contribution in [0.25, 0.3) is 33.9 Å². The molecule has 0 radical (unpaired) electrons. The molecule has 3 aromatic heterocycles. The van der Waals surface area contributed by atoms with Crippen molar-refractivity contribution in [2.45, 2.75) is 37.8 Å². The number of hydrogen-bond donors (Lipinski definition) is 2. The summed E-state index contributed by atoms with van der Waals surface area (Å²) in [5, 5.41) is 4.97. The zero-order valence-corrected chi connectivity index (χ0v) is 23.5. The van der Waals surface area contributed by atoms with Crippen LogP contribution in [-0.2, 0) is 11.3 Å². The Morgan fingerprint density at radius 2 is 1.86 bits per heavy atom.